The van der Waals surface area contributed by atoms with E-state index in [4.69, 9.17) is 21.4 Å². The monoisotopic (exact) mass is 660 g/mol. The maximum Gasteiger partial charge on any atom is 0.243 e. The number of nitrogen functional groups attached to an aromatic ring is 1. The van der Waals surface area contributed by atoms with Gasteiger partial charge >= 0.3 is 0 Å². The Kier molecular flexibility index (Phi) is 9.91. The van der Waals surface area contributed by atoms with Crippen molar-refractivity contribution in [2.75, 3.05) is 24.1 Å². The van der Waals surface area contributed by atoms with Crippen LogP contribution in [-0.2, 0) is 10.0 Å². The molecule has 0 unspecified atom stereocenters. The summed E-state index contributed by atoms with van der Waals surface area (Å²) in [6.45, 7) is 0.855. The highest BCUT2D eigenvalue weighted by atomic mass is 35.5. The molecule has 44 heavy (non-hydrogen) atoms. The molecule has 5 N–H and O–H groups in total. The molecule has 0 atom stereocenters. The number of imidazole rings is 1. The molecule has 1 saturated heterocycles. The summed E-state index contributed by atoms with van der Waals surface area (Å²) in [5, 5.41) is 5.28. The van der Waals surface area contributed by atoms with E-state index in [1.165, 1.54) is 12.8 Å². The van der Waals surface area contributed by atoms with Crippen molar-refractivity contribution < 1.29 is 8.42 Å². The van der Waals surface area contributed by atoms with Crippen molar-refractivity contribution in [3.05, 3.63) is 48.3 Å². The van der Waals surface area contributed by atoms with Crippen LogP contribution in [0.1, 0.15) is 82.0 Å². The highest BCUT2D eigenvalue weighted by Gasteiger charge is 2.33. The zero-order valence-electron chi connectivity index (χ0n) is 24.8. The Morgan fingerprint density at radius 3 is 2.23 bits per heavy atom. The zero-order valence-corrected chi connectivity index (χ0v) is 27.2. The highest BCUT2D eigenvalue weighted by molar-refractivity contribution is 7.89. The van der Waals surface area contributed by atoms with Gasteiger partial charge in [-0.05, 0) is 62.8 Å². The fourth-order valence-corrected chi connectivity index (χ4v) is 8.97. The van der Waals surface area contributed by atoms with Gasteiger partial charge in [0.15, 0.2) is 17.0 Å². The molecule has 13 heteroatoms. The first-order chi connectivity index (χ1) is 20.4. The Hall–Kier alpha value is -2.70. The maximum atomic E-state index is 13.7. The lowest BCUT2D eigenvalue weighted by Gasteiger charge is -2.32. The third-order valence-corrected chi connectivity index (χ3v) is 11.5. The SMILES string of the molecule is Cl.Cl.Nc1nc(NC2CCN(S(=O)(=O)c3cccc4ccccc34)CC2)c2nc(C3CCC(N)CC3)n(C3CCCC3)c2n1. The number of hydrogen-bond donors (Lipinski definition) is 3. The summed E-state index contributed by atoms with van der Waals surface area (Å²) in [7, 11) is -3.62. The predicted molar refractivity (Wildman–Crippen MR) is 180 cm³/mol. The first-order valence-corrected chi connectivity index (χ1v) is 16.9. The molecule has 2 saturated carbocycles. The van der Waals surface area contributed by atoms with Crippen LogP contribution in [0, 0.1) is 0 Å². The van der Waals surface area contributed by atoms with Crippen LogP contribution in [0.25, 0.3) is 21.9 Å². The Morgan fingerprint density at radius 1 is 0.818 bits per heavy atom. The smallest absolute Gasteiger partial charge is 0.243 e. The van der Waals surface area contributed by atoms with Crippen LogP contribution >= 0.6 is 24.8 Å². The van der Waals surface area contributed by atoms with Crippen molar-refractivity contribution in [3.8, 4) is 0 Å². The van der Waals surface area contributed by atoms with Crippen LogP contribution in [0.3, 0.4) is 0 Å². The van der Waals surface area contributed by atoms with Gasteiger partial charge in [0.1, 0.15) is 5.82 Å². The molecular weight excluding hydrogens is 619 g/mol. The number of aromatic nitrogens is 4. The normalized spacial score (nSPS) is 22.1. The molecular formula is C31H42Cl2N8O2S. The van der Waals surface area contributed by atoms with Gasteiger partial charge < -0.3 is 21.4 Å². The van der Waals surface area contributed by atoms with Gasteiger partial charge in [0.05, 0.1) is 4.90 Å². The van der Waals surface area contributed by atoms with E-state index in [1.807, 2.05) is 36.4 Å². The van der Waals surface area contributed by atoms with Crippen LogP contribution in [0.4, 0.5) is 11.8 Å². The molecule has 3 fully saturated rings. The number of fused-ring (bicyclic) bond motifs is 2. The standard InChI is InChI=1S/C31H40N8O2S.2ClH/c32-22-14-12-21(13-15-22)29-35-27-28(36-31(33)37-30(27)39(29)24-8-2-3-9-24)34-23-16-18-38(19-17-23)42(40,41)26-11-5-7-20-6-1-4-10-25(20)26;;/h1,4-7,10-11,21-24H,2-3,8-9,12-19,32H2,(H3,33,34,36,37);2*1H. The largest absolute Gasteiger partial charge is 0.368 e. The van der Waals surface area contributed by atoms with E-state index in [0.717, 1.165) is 66.3 Å². The van der Waals surface area contributed by atoms with Crippen LogP contribution in [0.2, 0.25) is 0 Å². The van der Waals surface area contributed by atoms with Gasteiger partial charge in [-0.15, -0.1) is 24.8 Å². The number of benzene rings is 2. The van der Waals surface area contributed by atoms with E-state index >= 15 is 0 Å². The second-order valence-corrected chi connectivity index (χ2v) is 14.2. The minimum absolute atomic E-state index is 0. The Labute approximate surface area is 271 Å². The van der Waals surface area contributed by atoms with Crippen LogP contribution < -0.4 is 16.8 Å². The van der Waals surface area contributed by atoms with E-state index in [0.29, 0.717) is 48.6 Å². The maximum absolute atomic E-state index is 13.7. The van der Waals surface area contributed by atoms with Gasteiger partial charge in [-0.2, -0.15) is 14.3 Å². The summed E-state index contributed by atoms with van der Waals surface area (Å²) >= 11 is 0. The van der Waals surface area contributed by atoms with E-state index in [1.54, 1.807) is 10.4 Å². The summed E-state index contributed by atoms with van der Waals surface area (Å²) < 4.78 is 31.3. The summed E-state index contributed by atoms with van der Waals surface area (Å²) in [6.07, 6.45) is 10.1. The number of nitrogens with one attached hydrogen (secondary N) is 1. The fraction of sp³-hybridized carbons (Fsp3) is 0.516. The molecule has 3 aliphatic rings. The first-order valence-electron chi connectivity index (χ1n) is 15.4. The molecule has 2 aliphatic carbocycles. The van der Waals surface area contributed by atoms with E-state index in [2.05, 4.69) is 14.9 Å². The number of halogens is 2. The lowest BCUT2D eigenvalue weighted by atomic mass is 9.86. The van der Waals surface area contributed by atoms with Crippen molar-refractivity contribution in [3.63, 3.8) is 0 Å². The average molecular weight is 662 g/mol. The Balaban J connectivity index is 0.00000192. The van der Waals surface area contributed by atoms with E-state index in [-0.39, 0.29) is 42.8 Å². The van der Waals surface area contributed by atoms with Gasteiger partial charge in [0.2, 0.25) is 16.0 Å². The van der Waals surface area contributed by atoms with Gasteiger partial charge in [0.25, 0.3) is 0 Å². The number of nitrogens with zero attached hydrogens (tertiary/aromatic N) is 5. The number of nitrogens with two attached hydrogens (primary N) is 2. The van der Waals surface area contributed by atoms with Crippen LogP contribution in [0.5, 0.6) is 0 Å². The topological polar surface area (TPSA) is 145 Å². The molecule has 3 heterocycles. The van der Waals surface area contributed by atoms with E-state index < -0.39 is 10.0 Å². The summed E-state index contributed by atoms with van der Waals surface area (Å²) in [4.78, 5) is 14.9. The second kappa shape index (κ2) is 13.3. The second-order valence-electron chi connectivity index (χ2n) is 12.3. The van der Waals surface area contributed by atoms with Gasteiger partial charge in [-0.3, -0.25) is 0 Å². The average Bonchev–Trinajstić information content (AvgIpc) is 3.66. The summed E-state index contributed by atoms with van der Waals surface area (Å²) in [5.41, 5.74) is 14.1. The number of rotatable bonds is 6. The molecule has 10 nitrogen and oxygen atoms in total. The number of hydrogen-bond acceptors (Lipinski definition) is 8. The summed E-state index contributed by atoms with van der Waals surface area (Å²) in [6, 6.07) is 13.8. The molecule has 238 valence electrons. The quantitative estimate of drug-likeness (QED) is 0.236. The van der Waals surface area contributed by atoms with Crippen LogP contribution in [0.15, 0.2) is 47.4 Å². The van der Waals surface area contributed by atoms with Crippen molar-refractivity contribution in [1.29, 1.82) is 0 Å². The summed E-state index contributed by atoms with van der Waals surface area (Å²) in [5.74, 6) is 2.34. The Morgan fingerprint density at radius 2 is 1.50 bits per heavy atom. The van der Waals surface area contributed by atoms with E-state index in [9.17, 15) is 8.42 Å². The first kappa shape index (κ1) is 32.7. The molecule has 2 aromatic heterocycles. The number of sulfonamides is 1. The van der Waals surface area contributed by atoms with Gasteiger partial charge in [-0.25, -0.2) is 13.4 Å². The molecule has 4 aromatic rings. The molecule has 0 amide bonds. The molecule has 7 rings (SSSR count). The number of piperidine rings is 1. The molecule has 0 radical (unpaired) electrons. The molecule has 0 bridgehead atoms. The molecule has 0 spiro atoms. The van der Waals surface area contributed by atoms with Crippen molar-refractivity contribution in [2.45, 2.75) is 93.1 Å². The van der Waals surface area contributed by atoms with Crippen molar-refractivity contribution >= 4 is 68.5 Å². The van der Waals surface area contributed by atoms with Gasteiger partial charge in [0, 0.05) is 42.5 Å². The van der Waals surface area contributed by atoms with Crippen molar-refractivity contribution in [1.82, 2.24) is 23.8 Å². The highest BCUT2D eigenvalue weighted by Crippen LogP contribution is 2.40. The fourth-order valence-electron chi connectivity index (χ4n) is 7.29. The third-order valence-electron chi connectivity index (χ3n) is 9.57. The van der Waals surface area contributed by atoms with Gasteiger partial charge in [-0.1, -0.05) is 49.2 Å². The lowest BCUT2D eigenvalue weighted by Crippen LogP contribution is -2.42. The third kappa shape index (κ3) is 6.09. The van der Waals surface area contributed by atoms with Crippen LogP contribution in [-0.4, -0.2) is 57.4 Å². The number of anilines is 2. The lowest BCUT2D eigenvalue weighted by molar-refractivity contribution is 0.330. The minimum atomic E-state index is -3.62. The molecule has 1 aliphatic heterocycles. The Bertz CT molecular complexity index is 1710. The minimum Gasteiger partial charge on any atom is -0.368 e. The van der Waals surface area contributed by atoms with Crippen molar-refractivity contribution in [2.24, 2.45) is 5.73 Å². The predicted octanol–water partition coefficient (Wildman–Crippen LogP) is 5.77. The zero-order chi connectivity index (χ0) is 28.8. The molecule has 2 aromatic carbocycles.